The van der Waals surface area contributed by atoms with E-state index in [9.17, 15) is 4.79 Å². The van der Waals surface area contributed by atoms with E-state index in [-0.39, 0.29) is 11.9 Å². The van der Waals surface area contributed by atoms with Gasteiger partial charge in [-0.15, -0.1) is 0 Å². The van der Waals surface area contributed by atoms with E-state index in [0.29, 0.717) is 11.9 Å². The first-order chi connectivity index (χ1) is 12.7. The number of amides is 1. The second-order valence-electron chi connectivity index (χ2n) is 7.28. The Morgan fingerprint density at radius 2 is 1.96 bits per heavy atom. The molecular formula is C20H26N4O2. The minimum atomic E-state index is -0.0468. The van der Waals surface area contributed by atoms with Gasteiger partial charge in [-0.3, -0.25) is 14.6 Å². The maximum Gasteiger partial charge on any atom is 0.237 e. The van der Waals surface area contributed by atoms with Gasteiger partial charge in [0.05, 0.1) is 11.7 Å². The Balaban J connectivity index is 1.27. The van der Waals surface area contributed by atoms with Gasteiger partial charge < -0.3 is 9.73 Å². The predicted molar refractivity (Wildman–Crippen MR) is 99.4 cm³/mol. The van der Waals surface area contributed by atoms with Crippen LogP contribution >= 0.6 is 0 Å². The SMILES string of the molecule is CC(C(=O)NC1CC1)N1CCN(Cc2coc(-c3ccccc3)n2)CC1. The molecular weight excluding hydrogens is 328 g/mol. The molecule has 6 nitrogen and oxygen atoms in total. The molecule has 1 amide bonds. The predicted octanol–water partition coefficient (Wildman–Crippen LogP) is 2.13. The normalized spacial score (nSPS) is 20.0. The lowest BCUT2D eigenvalue weighted by Crippen LogP contribution is -2.53. The molecule has 4 rings (SSSR count). The van der Waals surface area contributed by atoms with Crippen LogP contribution in [0.1, 0.15) is 25.5 Å². The van der Waals surface area contributed by atoms with Gasteiger partial charge in [-0.25, -0.2) is 4.98 Å². The first-order valence-corrected chi connectivity index (χ1v) is 9.45. The number of piperazine rings is 1. The summed E-state index contributed by atoms with van der Waals surface area (Å²) in [5.41, 5.74) is 1.95. The third-order valence-electron chi connectivity index (χ3n) is 5.22. The highest BCUT2D eigenvalue weighted by atomic mass is 16.3. The zero-order valence-electron chi connectivity index (χ0n) is 15.2. The van der Waals surface area contributed by atoms with Crippen molar-refractivity contribution in [2.75, 3.05) is 26.2 Å². The van der Waals surface area contributed by atoms with Crippen LogP contribution in [0, 0.1) is 0 Å². The fourth-order valence-electron chi connectivity index (χ4n) is 3.35. The molecule has 2 fully saturated rings. The number of carbonyl (C=O) groups is 1. The number of carbonyl (C=O) groups excluding carboxylic acids is 1. The molecule has 2 heterocycles. The van der Waals surface area contributed by atoms with Crippen LogP contribution in [-0.2, 0) is 11.3 Å². The van der Waals surface area contributed by atoms with Crippen molar-refractivity contribution >= 4 is 5.91 Å². The summed E-state index contributed by atoms with van der Waals surface area (Å²) in [5.74, 6) is 0.842. The van der Waals surface area contributed by atoms with Gasteiger partial charge in [0.15, 0.2) is 0 Å². The summed E-state index contributed by atoms with van der Waals surface area (Å²) in [6, 6.07) is 10.3. The number of aromatic nitrogens is 1. The van der Waals surface area contributed by atoms with E-state index in [4.69, 9.17) is 4.42 Å². The van der Waals surface area contributed by atoms with Crippen LogP contribution < -0.4 is 5.32 Å². The topological polar surface area (TPSA) is 61.6 Å². The van der Waals surface area contributed by atoms with E-state index in [1.54, 1.807) is 6.26 Å². The fourth-order valence-corrected chi connectivity index (χ4v) is 3.35. The van der Waals surface area contributed by atoms with Crippen LogP contribution in [0.3, 0.4) is 0 Å². The summed E-state index contributed by atoms with van der Waals surface area (Å²) < 4.78 is 5.62. The van der Waals surface area contributed by atoms with Gasteiger partial charge in [0.2, 0.25) is 11.8 Å². The van der Waals surface area contributed by atoms with Crippen molar-refractivity contribution in [2.45, 2.75) is 38.4 Å². The van der Waals surface area contributed by atoms with Crippen LogP contribution in [0.25, 0.3) is 11.5 Å². The number of oxazole rings is 1. The quantitative estimate of drug-likeness (QED) is 0.861. The van der Waals surface area contributed by atoms with E-state index >= 15 is 0 Å². The molecule has 0 radical (unpaired) electrons. The Hall–Kier alpha value is -2.18. The molecule has 1 atom stereocenters. The second kappa shape index (κ2) is 7.60. The third-order valence-corrected chi connectivity index (χ3v) is 5.22. The minimum absolute atomic E-state index is 0.0468. The highest BCUT2D eigenvalue weighted by Crippen LogP contribution is 2.20. The van der Waals surface area contributed by atoms with Crippen LogP contribution in [-0.4, -0.2) is 59.0 Å². The summed E-state index contributed by atoms with van der Waals surface area (Å²) in [4.78, 5) is 21.5. The zero-order valence-corrected chi connectivity index (χ0v) is 15.2. The lowest BCUT2D eigenvalue weighted by Gasteiger charge is -2.37. The number of nitrogens with zero attached hydrogens (tertiary/aromatic N) is 3. The average Bonchev–Trinajstić information content (AvgIpc) is 3.37. The Bertz CT molecular complexity index is 733. The van der Waals surface area contributed by atoms with E-state index < -0.39 is 0 Å². The Morgan fingerprint density at radius 3 is 2.65 bits per heavy atom. The molecule has 1 aliphatic carbocycles. The van der Waals surface area contributed by atoms with Crippen molar-refractivity contribution < 1.29 is 9.21 Å². The molecule has 2 aromatic rings. The molecule has 26 heavy (non-hydrogen) atoms. The van der Waals surface area contributed by atoms with E-state index in [1.807, 2.05) is 37.3 Å². The number of hydrogen-bond donors (Lipinski definition) is 1. The molecule has 0 bridgehead atoms. The van der Waals surface area contributed by atoms with Gasteiger partial charge in [-0.1, -0.05) is 18.2 Å². The smallest absolute Gasteiger partial charge is 0.237 e. The summed E-state index contributed by atoms with van der Waals surface area (Å²) in [6.07, 6.45) is 4.02. The Morgan fingerprint density at radius 1 is 1.23 bits per heavy atom. The third kappa shape index (κ3) is 4.14. The van der Waals surface area contributed by atoms with Gasteiger partial charge in [0.1, 0.15) is 6.26 Å². The molecule has 1 saturated carbocycles. The highest BCUT2D eigenvalue weighted by Gasteiger charge is 2.30. The lowest BCUT2D eigenvalue weighted by molar-refractivity contribution is -0.126. The van der Waals surface area contributed by atoms with Crippen LogP contribution in [0.5, 0.6) is 0 Å². The summed E-state index contributed by atoms with van der Waals surface area (Å²) in [7, 11) is 0. The molecule has 1 aromatic carbocycles. The summed E-state index contributed by atoms with van der Waals surface area (Å²) >= 11 is 0. The standard InChI is InChI=1S/C20H26N4O2/c1-15(19(25)21-17-7-8-17)24-11-9-23(10-12-24)13-18-14-26-20(22-18)16-5-3-2-4-6-16/h2-6,14-15,17H,7-13H2,1H3,(H,21,25). The van der Waals surface area contributed by atoms with Crippen molar-refractivity contribution in [3.63, 3.8) is 0 Å². The van der Waals surface area contributed by atoms with Crippen molar-refractivity contribution in [1.29, 1.82) is 0 Å². The minimum Gasteiger partial charge on any atom is -0.444 e. The van der Waals surface area contributed by atoms with Gasteiger partial charge in [-0.2, -0.15) is 0 Å². The van der Waals surface area contributed by atoms with Crippen molar-refractivity contribution in [2.24, 2.45) is 0 Å². The molecule has 138 valence electrons. The number of hydrogen-bond acceptors (Lipinski definition) is 5. The summed E-state index contributed by atoms with van der Waals surface area (Å²) in [5, 5.41) is 3.10. The van der Waals surface area contributed by atoms with Crippen molar-refractivity contribution in [3.8, 4) is 11.5 Å². The van der Waals surface area contributed by atoms with Gasteiger partial charge in [0, 0.05) is 44.3 Å². The number of rotatable bonds is 6. The molecule has 1 unspecified atom stereocenters. The van der Waals surface area contributed by atoms with Crippen molar-refractivity contribution in [3.05, 3.63) is 42.3 Å². The van der Waals surface area contributed by atoms with Crippen LogP contribution in [0.4, 0.5) is 0 Å². The molecule has 6 heteroatoms. The van der Waals surface area contributed by atoms with Crippen LogP contribution in [0.2, 0.25) is 0 Å². The van der Waals surface area contributed by atoms with Gasteiger partial charge >= 0.3 is 0 Å². The van der Waals surface area contributed by atoms with Gasteiger partial charge in [-0.05, 0) is 31.9 Å². The maximum absolute atomic E-state index is 12.2. The average molecular weight is 354 g/mol. The highest BCUT2D eigenvalue weighted by molar-refractivity contribution is 5.81. The Labute approximate surface area is 154 Å². The molecule has 1 saturated heterocycles. The monoisotopic (exact) mass is 354 g/mol. The molecule has 0 spiro atoms. The molecule has 1 N–H and O–H groups in total. The molecule has 1 aliphatic heterocycles. The van der Waals surface area contributed by atoms with Gasteiger partial charge in [0.25, 0.3) is 0 Å². The second-order valence-corrected chi connectivity index (χ2v) is 7.28. The first kappa shape index (κ1) is 17.2. The zero-order chi connectivity index (χ0) is 17.9. The fraction of sp³-hybridized carbons (Fsp3) is 0.500. The van der Waals surface area contributed by atoms with E-state index in [0.717, 1.165) is 56.8 Å². The molecule has 2 aliphatic rings. The lowest BCUT2D eigenvalue weighted by atomic mass is 10.2. The number of nitrogens with one attached hydrogen (secondary N) is 1. The maximum atomic E-state index is 12.2. The van der Waals surface area contributed by atoms with E-state index in [1.165, 1.54) is 0 Å². The number of benzene rings is 1. The first-order valence-electron chi connectivity index (χ1n) is 9.45. The van der Waals surface area contributed by atoms with Crippen molar-refractivity contribution in [1.82, 2.24) is 20.1 Å². The molecule has 1 aromatic heterocycles. The summed E-state index contributed by atoms with van der Waals surface area (Å²) in [6.45, 7) is 6.48. The van der Waals surface area contributed by atoms with E-state index in [2.05, 4.69) is 20.1 Å². The van der Waals surface area contributed by atoms with Crippen LogP contribution in [0.15, 0.2) is 41.0 Å². The Kier molecular flexibility index (Phi) is 5.04. The largest absolute Gasteiger partial charge is 0.444 e.